The van der Waals surface area contributed by atoms with Gasteiger partial charge in [-0.3, -0.25) is 0 Å². The Kier molecular flexibility index (Phi) is 3.49. The molecule has 0 saturated heterocycles. The normalized spacial score (nSPS) is 36.3. The molecule has 4 aliphatic heterocycles. The van der Waals surface area contributed by atoms with Gasteiger partial charge in [-0.1, -0.05) is 74.1 Å². The van der Waals surface area contributed by atoms with Crippen LogP contribution in [-0.4, -0.2) is 18.3 Å². The van der Waals surface area contributed by atoms with Crippen molar-refractivity contribution in [1.29, 1.82) is 0 Å². The van der Waals surface area contributed by atoms with Gasteiger partial charge in [0.05, 0.1) is 6.91 Å². The average Bonchev–Trinajstić information content (AvgIpc) is 3.24. The third-order valence-electron chi connectivity index (χ3n) is 11.4. The van der Waals surface area contributed by atoms with Gasteiger partial charge in [0.15, 0.2) is 0 Å². The first-order valence-electron chi connectivity index (χ1n) is 15.7. The molecule has 186 valence electrons. The Hall–Kier alpha value is -2.68. The van der Waals surface area contributed by atoms with E-state index in [9.17, 15) is 2.74 Å². The minimum absolute atomic E-state index is 0.0297. The van der Waals surface area contributed by atoms with E-state index in [4.69, 9.17) is 0 Å². The van der Waals surface area contributed by atoms with E-state index >= 15 is 0 Å². The van der Waals surface area contributed by atoms with Crippen molar-refractivity contribution in [2.45, 2.75) is 102 Å². The van der Waals surface area contributed by atoms with E-state index in [0.29, 0.717) is 0 Å². The van der Waals surface area contributed by atoms with Crippen LogP contribution in [-0.2, 0) is 5.41 Å². The topological polar surface area (TPSA) is 6.48 Å². The van der Waals surface area contributed by atoms with Crippen LogP contribution in [0, 0.1) is 13.8 Å². The van der Waals surface area contributed by atoms with Gasteiger partial charge >= 0.3 is 0 Å². The zero-order valence-electron chi connectivity index (χ0n) is 24.7. The van der Waals surface area contributed by atoms with Crippen molar-refractivity contribution < 1.29 is 2.74 Å². The number of hydrogen-bond acceptors (Lipinski definition) is 2. The van der Waals surface area contributed by atoms with E-state index in [-0.39, 0.29) is 17.7 Å². The fourth-order valence-corrected chi connectivity index (χ4v) is 9.65. The Labute approximate surface area is 225 Å². The number of nitrogens with zero attached hydrogens (tertiary/aromatic N) is 2. The summed E-state index contributed by atoms with van der Waals surface area (Å²) in [4.78, 5) is 5.10. The van der Waals surface area contributed by atoms with Crippen LogP contribution in [0.5, 0.6) is 0 Å². The zero-order chi connectivity index (χ0) is 26.7. The smallest absolute Gasteiger partial charge is 0.252 e. The van der Waals surface area contributed by atoms with E-state index in [1.54, 1.807) is 5.56 Å². The lowest BCUT2D eigenvalue weighted by Crippen LogP contribution is -2.65. The molecule has 0 N–H and O–H groups in total. The van der Waals surface area contributed by atoms with Crippen molar-refractivity contribution in [2.75, 3.05) is 9.80 Å². The number of rotatable bonds is 0. The van der Waals surface area contributed by atoms with Crippen LogP contribution in [0.2, 0.25) is 0 Å². The lowest BCUT2D eigenvalue weighted by molar-refractivity contribution is 0.195. The summed E-state index contributed by atoms with van der Waals surface area (Å²) in [6.07, 6.45) is 8.58. The van der Waals surface area contributed by atoms with Crippen molar-refractivity contribution in [1.82, 2.24) is 0 Å². The lowest BCUT2D eigenvalue weighted by atomic mass is 9.33. The van der Waals surface area contributed by atoms with Gasteiger partial charge in [-0.05, 0) is 86.1 Å². The number of fused-ring (bicyclic) bond motifs is 10. The molecule has 2 nitrogen and oxygen atoms in total. The molecule has 2 aliphatic carbocycles. The highest BCUT2D eigenvalue weighted by Gasteiger charge is 2.61. The van der Waals surface area contributed by atoms with E-state index in [2.05, 4.69) is 80.0 Å². The molecular formula is C34H37BN2. The molecule has 2 fully saturated rings. The van der Waals surface area contributed by atoms with Gasteiger partial charge in [-0.15, -0.1) is 0 Å². The molecule has 0 bridgehead atoms. The van der Waals surface area contributed by atoms with Crippen LogP contribution in [0.4, 0.5) is 22.7 Å². The Morgan fingerprint density at radius 1 is 0.865 bits per heavy atom. The second kappa shape index (κ2) is 6.66. The van der Waals surface area contributed by atoms with Crippen molar-refractivity contribution >= 4 is 45.9 Å². The van der Waals surface area contributed by atoms with Gasteiger partial charge in [0.25, 0.3) is 6.71 Å². The number of benzene rings is 3. The Morgan fingerprint density at radius 3 is 2.46 bits per heavy atom. The van der Waals surface area contributed by atoms with Crippen LogP contribution in [0.3, 0.4) is 0 Å². The molecule has 3 aromatic carbocycles. The Bertz CT molecular complexity index is 1530. The molecule has 0 spiro atoms. The molecule has 4 heterocycles. The summed E-state index contributed by atoms with van der Waals surface area (Å²) in [5.41, 5.74) is 14.7. The standard InChI is InChI=1S/C34H37BN2/c1-20-16-23-22-10-5-6-11-27(22)36-28-12-9-13-29-30(28)35(25(18-20)31(23)36)26-19-21(2)17-24-32(26)37(29)34(4)15-8-7-14-33(24,34)3/h9,12-13,16-19,22,27H,5-8,10-11,14-15H2,1-4H3/i22D,27D. The van der Waals surface area contributed by atoms with E-state index in [0.717, 1.165) is 31.2 Å². The number of anilines is 4. The summed E-state index contributed by atoms with van der Waals surface area (Å²) < 4.78 is 20.0. The van der Waals surface area contributed by atoms with Gasteiger partial charge in [-0.2, -0.15) is 0 Å². The molecular weight excluding hydrogens is 447 g/mol. The van der Waals surface area contributed by atoms with Gasteiger partial charge in [0, 0.05) is 41.4 Å². The molecule has 37 heavy (non-hydrogen) atoms. The molecule has 4 unspecified atom stereocenters. The minimum Gasteiger partial charge on any atom is -0.338 e. The summed E-state index contributed by atoms with van der Waals surface area (Å²) in [6.45, 7) is 9.70. The van der Waals surface area contributed by atoms with E-state index in [1.165, 1.54) is 75.9 Å². The summed E-state index contributed by atoms with van der Waals surface area (Å²) >= 11 is 0. The Morgan fingerprint density at radius 2 is 1.59 bits per heavy atom. The predicted octanol–water partition coefficient (Wildman–Crippen LogP) is 6.37. The maximum Gasteiger partial charge on any atom is 0.252 e. The SMILES string of the molecule is [2H]C12CCCCC1([2H])N1c3cccc4c3B(c3cc(C)cc2c31)c1cc(C)cc2c1N4C1(C)CCCCC21C. The Balaban J connectivity index is 1.44. The first-order valence-corrected chi connectivity index (χ1v) is 14.7. The lowest BCUT2D eigenvalue weighted by Gasteiger charge is -2.52. The molecule has 2 saturated carbocycles. The average molecular weight is 487 g/mol. The minimum atomic E-state index is -0.970. The summed E-state index contributed by atoms with van der Waals surface area (Å²) in [5.74, 6) is -0.900. The van der Waals surface area contributed by atoms with Crippen LogP contribution >= 0.6 is 0 Å². The van der Waals surface area contributed by atoms with Gasteiger partial charge in [-0.25, -0.2) is 0 Å². The van der Waals surface area contributed by atoms with E-state index in [1.807, 2.05) is 0 Å². The molecule has 4 atom stereocenters. The number of aryl methyl sites for hydroxylation is 2. The molecule has 3 heteroatoms. The first-order chi connectivity index (χ1) is 18.6. The fraction of sp³-hybridized carbons (Fsp3) is 0.471. The summed E-state index contributed by atoms with van der Waals surface area (Å²) in [7, 11) is 0. The summed E-state index contributed by atoms with van der Waals surface area (Å²) in [5, 5.41) is 0. The van der Waals surface area contributed by atoms with Gasteiger partial charge < -0.3 is 9.80 Å². The van der Waals surface area contributed by atoms with Crippen molar-refractivity contribution in [3.8, 4) is 0 Å². The molecule has 0 radical (unpaired) electrons. The fourth-order valence-electron chi connectivity index (χ4n) is 9.65. The highest BCUT2D eigenvalue weighted by molar-refractivity contribution is 7.00. The van der Waals surface area contributed by atoms with Crippen LogP contribution < -0.4 is 26.2 Å². The highest BCUT2D eigenvalue weighted by atomic mass is 15.3. The maximum absolute atomic E-state index is 10.0. The number of hydrogen-bond donors (Lipinski definition) is 0. The third-order valence-corrected chi connectivity index (χ3v) is 11.4. The van der Waals surface area contributed by atoms with Crippen LogP contribution in [0.25, 0.3) is 0 Å². The van der Waals surface area contributed by atoms with Crippen LogP contribution in [0.15, 0.2) is 42.5 Å². The largest absolute Gasteiger partial charge is 0.338 e. The predicted molar refractivity (Wildman–Crippen MR) is 157 cm³/mol. The van der Waals surface area contributed by atoms with Crippen LogP contribution in [0.1, 0.15) is 96.1 Å². The summed E-state index contributed by atoms with van der Waals surface area (Å²) in [6, 6.07) is 15.5. The molecule has 0 amide bonds. The molecule has 9 rings (SSSR count). The molecule has 3 aromatic rings. The van der Waals surface area contributed by atoms with Crippen molar-refractivity contribution in [2.24, 2.45) is 0 Å². The van der Waals surface area contributed by atoms with E-state index < -0.39 is 11.9 Å². The highest BCUT2D eigenvalue weighted by Crippen LogP contribution is 2.62. The third kappa shape index (κ3) is 2.26. The molecule has 6 aliphatic rings. The van der Waals surface area contributed by atoms with Gasteiger partial charge in [0.1, 0.15) is 0 Å². The second-order valence-corrected chi connectivity index (χ2v) is 13.3. The maximum atomic E-state index is 10.0. The molecule has 0 aromatic heterocycles. The second-order valence-electron chi connectivity index (χ2n) is 13.3. The van der Waals surface area contributed by atoms with Gasteiger partial charge in [0.2, 0.25) is 0 Å². The first kappa shape index (κ1) is 19.4. The van der Waals surface area contributed by atoms with Crippen molar-refractivity contribution in [3.63, 3.8) is 0 Å². The quantitative estimate of drug-likeness (QED) is 0.341. The monoisotopic (exact) mass is 486 g/mol. The zero-order valence-corrected chi connectivity index (χ0v) is 22.7. The van der Waals surface area contributed by atoms with Crippen molar-refractivity contribution in [3.05, 3.63) is 64.7 Å².